The van der Waals surface area contributed by atoms with Crippen LogP contribution in [-0.4, -0.2) is 43.4 Å². The predicted molar refractivity (Wildman–Crippen MR) is 74.8 cm³/mol. The van der Waals surface area contributed by atoms with Crippen molar-refractivity contribution >= 4 is 0 Å². The zero-order valence-corrected chi connectivity index (χ0v) is 12.0. The van der Waals surface area contributed by atoms with Crippen LogP contribution >= 0.6 is 0 Å². The molecule has 19 heavy (non-hydrogen) atoms. The van der Waals surface area contributed by atoms with Crippen molar-refractivity contribution in [1.29, 1.82) is 0 Å². The predicted octanol–water partition coefficient (Wildman–Crippen LogP) is 1.97. The maximum absolute atomic E-state index is 9.38. The number of nitrogens with zero attached hydrogens (tertiary/aromatic N) is 1. The first kappa shape index (κ1) is 14.2. The van der Waals surface area contributed by atoms with Crippen LogP contribution in [0.2, 0.25) is 0 Å². The van der Waals surface area contributed by atoms with Gasteiger partial charge in [0.25, 0.3) is 0 Å². The van der Waals surface area contributed by atoms with Gasteiger partial charge in [0.1, 0.15) is 0 Å². The summed E-state index contributed by atoms with van der Waals surface area (Å²) in [7, 11) is 3.31. The summed E-state index contributed by atoms with van der Waals surface area (Å²) in [5.41, 5.74) is 2.43. The molecule has 0 aliphatic carbocycles. The lowest BCUT2D eigenvalue weighted by molar-refractivity contribution is 0.153. The van der Waals surface area contributed by atoms with Gasteiger partial charge in [0, 0.05) is 12.6 Å². The molecule has 4 nitrogen and oxygen atoms in total. The molecule has 0 unspecified atom stereocenters. The van der Waals surface area contributed by atoms with Crippen LogP contribution in [0, 0.1) is 6.92 Å². The van der Waals surface area contributed by atoms with E-state index in [9.17, 15) is 5.11 Å². The highest BCUT2D eigenvalue weighted by atomic mass is 16.5. The fourth-order valence-electron chi connectivity index (χ4n) is 2.72. The van der Waals surface area contributed by atoms with Gasteiger partial charge in [0.05, 0.1) is 20.8 Å². The van der Waals surface area contributed by atoms with Crippen LogP contribution in [0.3, 0.4) is 0 Å². The van der Waals surface area contributed by atoms with Crippen molar-refractivity contribution in [3.05, 3.63) is 23.3 Å². The van der Waals surface area contributed by atoms with Crippen LogP contribution in [-0.2, 0) is 6.54 Å². The van der Waals surface area contributed by atoms with Crippen LogP contribution in [0.15, 0.2) is 12.1 Å². The number of hydrogen-bond donors (Lipinski definition) is 1. The van der Waals surface area contributed by atoms with E-state index in [0.29, 0.717) is 6.04 Å². The lowest BCUT2D eigenvalue weighted by Crippen LogP contribution is -2.31. The number of likely N-dealkylation sites (tertiary alicyclic amines) is 1. The van der Waals surface area contributed by atoms with E-state index in [1.807, 2.05) is 12.1 Å². The molecule has 0 bridgehead atoms. The van der Waals surface area contributed by atoms with Crippen molar-refractivity contribution < 1.29 is 14.6 Å². The molecule has 1 N–H and O–H groups in total. The van der Waals surface area contributed by atoms with E-state index in [2.05, 4.69) is 11.8 Å². The SMILES string of the molecule is COc1cc(C)c(CN2CCC[C@@H]2CO)cc1OC. The summed E-state index contributed by atoms with van der Waals surface area (Å²) in [6.07, 6.45) is 2.25. The van der Waals surface area contributed by atoms with Crippen LogP contribution in [0.5, 0.6) is 11.5 Å². The number of benzene rings is 1. The standard InChI is InChI=1S/C15H23NO3/c1-11-7-14(18-2)15(19-3)8-12(11)9-16-6-4-5-13(16)10-17/h7-8,13,17H,4-6,9-10H2,1-3H3/t13-/m1/s1. The number of aryl methyl sites for hydroxylation is 1. The van der Waals surface area contributed by atoms with E-state index in [0.717, 1.165) is 37.4 Å². The van der Waals surface area contributed by atoms with Crippen LogP contribution in [0.4, 0.5) is 0 Å². The van der Waals surface area contributed by atoms with E-state index >= 15 is 0 Å². The Morgan fingerprint density at radius 1 is 1.26 bits per heavy atom. The van der Waals surface area contributed by atoms with Gasteiger partial charge in [-0.3, -0.25) is 4.90 Å². The van der Waals surface area contributed by atoms with E-state index in [4.69, 9.17) is 9.47 Å². The Kier molecular flexibility index (Phi) is 4.66. The molecule has 1 fully saturated rings. The summed E-state index contributed by atoms with van der Waals surface area (Å²) < 4.78 is 10.7. The first-order valence-corrected chi connectivity index (χ1v) is 6.76. The largest absolute Gasteiger partial charge is 0.493 e. The summed E-state index contributed by atoms with van der Waals surface area (Å²) in [6, 6.07) is 4.35. The Hall–Kier alpha value is -1.26. The van der Waals surface area contributed by atoms with Crippen molar-refractivity contribution in [3.8, 4) is 11.5 Å². The molecule has 1 atom stereocenters. The third-order valence-corrected chi connectivity index (χ3v) is 3.93. The molecule has 1 heterocycles. The molecule has 2 rings (SSSR count). The smallest absolute Gasteiger partial charge is 0.161 e. The molecule has 1 aromatic rings. The third kappa shape index (κ3) is 3.01. The number of ether oxygens (including phenoxy) is 2. The first-order valence-electron chi connectivity index (χ1n) is 6.76. The Labute approximate surface area is 114 Å². The molecule has 1 saturated heterocycles. The highest BCUT2D eigenvalue weighted by molar-refractivity contribution is 5.47. The number of rotatable bonds is 5. The molecule has 4 heteroatoms. The fourth-order valence-corrected chi connectivity index (χ4v) is 2.72. The highest BCUT2D eigenvalue weighted by Crippen LogP contribution is 2.31. The summed E-state index contributed by atoms with van der Waals surface area (Å²) >= 11 is 0. The minimum atomic E-state index is 0.242. The van der Waals surface area contributed by atoms with Crippen LogP contribution in [0.25, 0.3) is 0 Å². The average Bonchev–Trinajstić information content (AvgIpc) is 2.87. The Balaban J connectivity index is 2.20. The average molecular weight is 265 g/mol. The summed E-state index contributed by atoms with van der Waals surface area (Å²) in [5, 5.41) is 9.38. The molecular weight excluding hydrogens is 242 g/mol. The fraction of sp³-hybridized carbons (Fsp3) is 0.600. The van der Waals surface area contributed by atoms with E-state index in [1.165, 1.54) is 11.1 Å². The maximum Gasteiger partial charge on any atom is 0.161 e. The quantitative estimate of drug-likeness (QED) is 0.884. The summed E-state index contributed by atoms with van der Waals surface area (Å²) in [5.74, 6) is 1.53. The third-order valence-electron chi connectivity index (χ3n) is 3.93. The molecule has 1 aliphatic heterocycles. The van der Waals surface area contributed by atoms with Gasteiger partial charge in [0.2, 0.25) is 0 Å². The zero-order chi connectivity index (χ0) is 13.8. The molecule has 0 radical (unpaired) electrons. The number of aliphatic hydroxyl groups is 1. The molecule has 0 amide bonds. The van der Waals surface area contributed by atoms with Crippen molar-refractivity contribution in [2.75, 3.05) is 27.4 Å². The minimum absolute atomic E-state index is 0.242. The monoisotopic (exact) mass is 265 g/mol. The second kappa shape index (κ2) is 6.26. The lowest BCUT2D eigenvalue weighted by atomic mass is 10.1. The van der Waals surface area contributed by atoms with Crippen molar-refractivity contribution in [2.24, 2.45) is 0 Å². The first-order chi connectivity index (χ1) is 9.19. The van der Waals surface area contributed by atoms with Gasteiger partial charge in [-0.05, 0) is 49.6 Å². The van der Waals surface area contributed by atoms with Gasteiger partial charge >= 0.3 is 0 Å². The molecule has 0 spiro atoms. The Morgan fingerprint density at radius 3 is 2.58 bits per heavy atom. The molecule has 0 saturated carbocycles. The van der Waals surface area contributed by atoms with Gasteiger partial charge in [-0.25, -0.2) is 0 Å². The van der Waals surface area contributed by atoms with Crippen molar-refractivity contribution in [2.45, 2.75) is 32.4 Å². The topological polar surface area (TPSA) is 41.9 Å². The van der Waals surface area contributed by atoms with E-state index < -0.39 is 0 Å². The Morgan fingerprint density at radius 2 is 1.95 bits per heavy atom. The van der Waals surface area contributed by atoms with Crippen LogP contribution in [0.1, 0.15) is 24.0 Å². The number of methoxy groups -OCH3 is 2. The molecule has 0 aromatic heterocycles. The zero-order valence-electron chi connectivity index (χ0n) is 12.0. The van der Waals surface area contributed by atoms with Crippen molar-refractivity contribution in [3.63, 3.8) is 0 Å². The second-order valence-corrected chi connectivity index (χ2v) is 5.08. The van der Waals surface area contributed by atoms with Gasteiger partial charge in [-0.15, -0.1) is 0 Å². The van der Waals surface area contributed by atoms with Gasteiger partial charge in [-0.1, -0.05) is 0 Å². The van der Waals surface area contributed by atoms with E-state index in [-0.39, 0.29) is 6.61 Å². The van der Waals surface area contributed by atoms with Gasteiger partial charge in [0.15, 0.2) is 11.5 Å². The number of aliphatic hydroxyl groups excluding tert-OH is 1. The van der Waals surface area contributed by atoms with Gasteiger partial charge < -0.3 is 14.6 Å². The molecule has 1 aliphatic rings. The maximum atomic E-state index is 9.38. The molecular formula is C15H23NO3. The van der Waals surface area contributed by atoms with Gasteiger partial charge in [-0.2, -0.15) is 0 Å². The van der Waals surface area contributed by atoms with Crippen molar-refractivity contribution in [1.82, 2.24) is 4.90 Å². The summed E-state index contributed by atoms with van der Waals surface area (Å²) in [4.78, 5) is 2.34. The van der Waals surface area contributed by atoms with E-state index in [1.54, 1.807) is 14.2 Å². The lowest BCUT2D eigenvalue weighted by Gasteiger charge is -2.24. The Bertz CT molecular complexity index is 434. The van der Waals surface area contributed by atoms with Crippen LogP contribution < -0.4 is 9.47 Å². The number of hydrogen-bond acceptors (Lipinski definition) is 4. The normalized spacial score (nSPS) is 19.7. The molecule has 1 aromatic carbocycles. The second-order valence-electron chi connectivity index (χ2n) is 5.08. The summed E-state index contributed by atoms with van der Waals surface area (Å²) in [6.45, 7) is 4.24. The molecule has 106 valence electrons. The minimum Gasteiger partial charge on any atom is -0.493 e. The highest BCUT2D eigenvalue weighted by Gasteiger charge is 2.24.